The van der Waals surface area contributed by atoms with Gasteiger partial charge in [0.05, 0.1) is 12.0 Å². The van der Waals surface area contributed by atoms with Crippen molar-refractivity contribution >= 4 is 5.91 Å². The molecule has 6 nitrogen and oxygen atoms in total. The van der Waals surface area contributed by atoms with Gasteiger partial charge in [0, 0.05) is 43.8 Å². The van der Waals surface area contributed by atoms with Gasteiger partial charge < -0.3 is 5.11 Å². The van der Waals surface area contributed by atoms with Crippen LogP contribution < -0.4 is 5.43 Å². The van der Waals surface area contributed by atoms with Crippen molar-refractivity contribution < 1.29 is 9.90 Å². The predicted molar refractivity (Wildman–Crippen MR) is 147 cm³/mol. The molecule has 4 aliphatic heterocycles. The monoisotopic (exact) mass is 502 g/mol. The fraction of sp³-hybridized carbons (Fsp3) is 0.581. The summed E-state index contributed by atoms with van der Waals surface area (Å²) in [5, 5.41) is 12.5. The summed E-state index contributed by atoms with van der Waals surface area (Å²) in [6.45, 7) is 6.91. The number of rotatable bonds is 7. The molecule has 4 bridgehead atoms. The van der Waals surface area contributed by atoms with E-state index in [0.717, 1.165) is 44.5 Å². The summed E-state index contributed by atoms with van der Waals surface area (Å²) < 4.78 is 0. The minimum absolute atomic E-state index is 0.101. The average Bonchev–Trinajstić information content (AvgIpc) is 3.28. The van der Waals surface area contributed by atoms with Crippen molar-refractivity contribution in [1.82, 2.24) is 20.2 Å². The number of aromatic hydroxyl groups is 1. The van der Waals surface area contributed by atoms with E-state index in [-0.39, 0.29) is 17.9 Å². The van der Waals surface area contributed by atoms with Gasteiger partial charge in [0.15, 0.2) is 0 Å². The SMILES string of the molecule is C=CCN1C2CCC1C1CCC2N1C(C1=CCC(C(=O)NN2CCCCCC2)C=C1)c1cccc(O)c1. The Kier molecular flexibility index (Phi) is 7.24. The number of piperazine rings is 1. The Labute approximate surface area is 221 Å². The molecule has 6 rings (SSSR count). The Morgan fingerprint density at radius 2 is 1.76 bits per heavy atom. The van der Waals surface area contributed by atoms with E-state index in [9.17, 15) is 9.90 Å². The number of nitrogens with one attached hydrogen (secondary N) is 1. The smallest absolute Gasteiger partial charge is 0.241 e. The summed E-state index contributed by atoms with van der Waals surface area (Å²) in [5.41, 5.74) is 5.60. The summed E-state index contributed by atoms with van der Waals surface area (Å²) in [5.74, 6) is 0.297. The summed E-state index contributed by atoms with van der Waals surface area (Å²) in [6.07, 6.45) is 19.2. The van der Waals surface area contributed by atoms with Gasteiger partial charge in [0.2, 0.25) is 5.91 Å². The Balaban J connectivity index is 1.24. The van der Waals surface area contributed by atoms with Crippen LogP contribution in [0.1, 0.15) is 69.4 Å². The number of amides is 1. The topological polar surface area (TPSA) is 59.0 Å². The normalized spacial score (nSPS) is 33.1. The van der Waals surface area contributed by atoms with Crippen molar-refractivity contribution in [2.45, 2.75) is 88.0 Å². The third-order valence-electron chi connectivity index (χ3n) is 9.50. The van der Waals surface area contributed by atoms with Crippen molar-refractivity contribution in [3.8, 4) is 5.75 Å². The first-order valence-corrected chi connectivity index (χ1v) is 14.5. The molecule has 2 N–H and O–H groups in total. The maximum Gasteiger partial charge on any atom is 0.241 e. The summed E-state index contributed by atoms with van der Waals surface area (Å²) >= 11 is 0. The molecule has 1 amide bonds. The second-order valence-corrected chi connectivity index (χ2v) is 11.6. The summed E-state index contributed by atoms with van der Waals surface area (Å²) in [6, 6.07) is 10.1. The number of nitrogens with zero attached hydrogens (tertiary/aromatic N) is 3. The molecule has 4 fully saturated rings. The van der Waals surface area contributed by atoms with E-state index in [1.165, 1.54) is 44.1 Å². The van der Waals surface area contributed by atoms with E-state index < -0.39 is 0 Å². The molecule has 37 heavy (non-hydrogen) atoms. The van der Waals surface area contributed by atoms with E-state index in [0.29, 0.717) is 29.9 Å². The van der Waals surface area contributed by atoms with Gasteiger partial charge in [-0.2, -0.15) is 0 Å². The van der Waals surface area contributed by atoms with Crippen molar-refractivity contribution in [3.05, 3.63) is 66.3 Å². The molecular weight excluding hydrogens is 460 g/mol. The van der Waals surface area contributed by atoms with Gasteiger partial charge in [-0.3, -0.25) is 20.0 Å². The highest BCUT2D eigenvalue weighted by Crippen LogP contribution is 2.51. The van der Waals surface area contributed by atoms with Crippen LogP contribution in [0.4, 0.5) is 0 Å². The highest BCUT2D eigenvalue weighted by atomic mass is 16.3. The third kappa shape index (κ3) is 4.80. The highest BCUT2D eigenvalue weighted by molar-refractivity contribution is 5.80. The van der Waals surface area contributed by atoms with Gasteiger partial charge in [-0.25, -0.2) is 5.01 Å². The number of hydrazine groups is 1. The zero-order valence-corrected chi connectivity index (χ0v) is 22.0. The lowest BCUT2D eigenvalue weighted by Crippen LogP contribution is -2.61. The molecule has 4 heterocycles. The van der Waals surface area contributed by atoms with Crippen LogP contribution in [0.15, 0.2) is 60.7 Å². The Bertz CT molecular complexity index is 1040. The maximum absolute atomic E-state index is 13.1. The van der Waals surface area contributed by atoms with Gasteiger partial charge in [0.25, 0.3) is 0 Å². The van der Waals surface area contributed by atoms with Gasteiger partial charge in [-0.05, 0) is 68.2 Å². The van der Waals surface area contributed by atoms with Gasteiger partial charge in [-0.15, -0.1) is 6.58 Å². The minimum Gasteiger partial charge on any atom is -0.508 e. The van der Waals surface area contributed by atoms with Crippen molar-refractivity contribution in [3.63, 3.8) is 0 Å². The van der Waals surface area contributed by atoms with E-state index in [1.54, 1.807) is 6.07 Å². The quantitative estimate of drug-likeness (QED) is 0.529. The van der Waals surface area contributed by atoms with E-state index in [1.807, 2.05) is 12.1 Å². The first kappa shape index (κ1) is 24.9. The van der Waals surface area contributed by atoms with E-state index in [4.69, 9.17) is 0 Å². The second kappa shape index (κ2) is 10.8. The van der Waals surface area contributed by atoms with E-state index in [2.05, 4.69) is 57.2 Å². The van der Waals surface area contributed by atoms with Crippen LogP contribution in [0.25, 0.3) is 0 Å². The number of allylic oxidation sites excluding steroid dienone is 1. The Morgan fingerprint density at radius 3 is 2.38 bits per heavy atom. The molecule has 0 spiro atoms. The molecule has 0 radical (unpaired) electrons. The van der Waals surface area contributed by atoms with Crippen molar-refractivity contribution in [1.29, 1.82) is 0 Å². The van der Waals surface area contributed by atoms with Crippen LogP contribution >= 0.6 is 0 Å². The minimum atomic E-state index is -0.130. The van der Waals surface area contributed by atoms with Crippen LogP contribution in [0.2, 0.25) is 0 Å². The molecule has 0 aromatic heterocycles. The maximum atomic E-state index is 13.1. The average molecular weight is 503 g/mol. The molecule has 6 heteroatoms. The molecule has 1 aromatic rings. The zero-order chi connectivity index (χ0) is 25.4. The Hall–Kier alpha value is -2.41. The number of phenolic OH excluding ortho intramolecular Hbond substituents is 1. The van der Waals surface area contributed by atoms with E-state index >= 15 is 0 Å². The van der Waals surface area contributed by atoms with Crippen molar-refractivity contribution in [2.24, 2.45) is 5.92 Å². The lowest BCUT2D eigenvalue weighted by molar-refractivity contribution is -0.128. The standard InChI is InChI=1S/C31H42N4O2/c1-2-18-34-26-14-15-27(34)29-17-16-28(26)35(29)30(24-8-7-9-25(36)21-24)22-10-12-23(13-11-22)31(37)32-33-19-5-3-4-6-20-33/h2,7-12,21,23,26-30,36H,1,3-6,13-20H2,(H,32,37). The van der Waals surface area contributed by atoms with Gasteiger partial charge in [0.1, 0.15) is 5.75 Å². The number of carbonyl (C=O) groups excluding carboxylic acids is 1. The molecule has 1 aliphatic carbocycles. The van der Waals surface area contributed by atoms with Gasteiger partial charge in [-0.1, -0.05) is 49.3 Å². The molecule has 4 saturated heterocycles. The Morgan fingerprint density at radius 1 is 1.05 bits per heavy atom. The molecule has 6 unspecified atom stereocenters. The van der Waals surface area contributed by atoms with Crippen LogP contribution in [-0.4, -0.2) is 69.6 Å². The first-order chi connectivity index (χ1) is 18.1. The van der Waals surface area contributed by atoms with Crippen LogP contribution in [0, 0.1) is 5.92 Å². The number of hydrogen-bond acceptors (Lipinski definition) is 5. The molecule has 1 aromatic carbocycles. The molecule has 5 aliphatic rings. The third-order valence-corrected chi connectivity index (χ3v) is 9.50. The number of hydrogen-bond donors (Lipinski definition) is 2. The summed E-state index contributed by atoms with van der Waals surface area (Å²) in [4.78, 5) is 18.6. The number of benzene rings is 1. The summed E-state index contributed by atoms with van der Waals surface area (Å²) in [7, 11) is 0. The first-order valence-electron chi connectivity index (χ1n) is 14.5. The molecular formula is C31H42N4O2. The van der Waals surface area contributed by atoms with Crippen LogP contribution in [0.5, 0.6) is 5.75 Å². The van der Waals surface area contributed by atoms with Crippen LogP contribution in [-0.2, 0) is 4.79 Å². The number of fused-ring (bicyclic) bond motifs is 6. The largest absolute Gasteiger partial charge is 0.508 e. The highest BCUT2D eigenvalue weighted by Gasteiger charge is 2.56. The fourth-order valence-corrected chi connectivity index (χ4v) is 7.90. The molecule has 0 saturated carbocycles. The lowest BCUT2D eigenvalue weighted by Gasteiger charge is -2.50. The zero-order valence-electron chi connectivity index (χ0n) is 22.0. The molecule has 198 valence electrons. The lowest BCUT2D eigenvalue weighted by atomic mass is 9.87. The van der Waals surface area contributed by atoms with Crippen LogP contribution in [0.3, 0.4) is 0 Å². The molecule has 6 atom stereocenters. The number of phenols is 1. The van der Waals surface area contributed by atoms with Gasteiger partial charge >= 0.3 is 0 Å². The van der Waals surface area contributed by atoms with Crippen molar-refractivity contribution in [2.75, 3.05) is 19.6 Å². The fourth-order valence-electron chi connectivity index (χ4n) is 7.90. The number of carbonyl (C=O) groups is 1. The second-order valence-electron chi connectivity index (χ2n) is 11.6. The predicted octanol–water partition coefficient (Wildman–Crippen LogP) is 4.71.